The van der Waals surface area contributed by atoms with Gasteiger partial charge in [0.25, 0.3) is 0 Å². The zero-order chi connectivity index (χ0) is 22.4. The van der Waals surface area contributed by atoms with Crippen molar-refractivity contribution in [3.05, 3.63) is 29.8 Å². The predicted molar refractivity (Wildman–Crippen MR) is 135 cm³/mol. The number of hydrogen-bond acceptors (Lipinski definition) is 1. The van der Waals surface area contributed by atoms with Crippen LogP contribution in [0.1, 0.15) is 112 Å². The standard InChI is InChI=1S/C10H22.C7H14O.C7H9P.C2H6/c1-4-6-8-10(3)9-7-5-2;1-4-6(3)7(8)5-2;1-6-3-2-4-7(8)5-6;1-2/h10H,4-9H2,1-3H3;6H,4-5H2,1-3H3;2-5H,8H2,1H3;1-2H3. The first-order valence-electron chi connectivity index (χ1n) is 11.7. The van der Waals surface area contributed by atoms with Gasteiger partial charge in [0.1, 0.15) is 5.78 Å². The number of carbonyl (C=O) groups is 1. The fourth-order valence-electron chi connectivity index (χ4n) is 2.50. The Hall–Kier alpha value is -0.680. The quantitative estimate of drug-likeness (QED) is 0.373. The van der Waals surface area contributed by atoms with Gasteiger partial charge in [-0.3, -0.25) is 4.79 Å². The number of ketones is 1. The number of hydrogen-bond donors (Lipinski definition) is 0. The summed E-state index contributed by atoms with van der Waals surface area (Å²) in [5.74, 6) is 1.63. The van der Waals surface area contributed by atoms with Crippen molar-refractivity contribution < 1.29 is 4.79 Å². The Labute approximate surface area is 180 Å². The monoisotopic (exact) mass is 410 g/mol. The molecule has 1 nitrogen and oxygen atoms in total. The van der Waals surface area contributed by atoms with Crippen LogP contribution in [-0.4, -0.2) is 5.78 Å². The van der Waals surface area contributed by atoms with Gasteiger partial charge in [-0.15, -0.1) is 9.24 Å². The first kappa shape index (κ1) is 32.0. The minimum absolute atomic E-state index is 0.278. The summed E-state index contributed by atoms with van der Waals surface area (Å²) >= 11 is 0. The fraction of sp³-hybridized carbons (Fsp3) is 0.731. The number of Topliss-reactive ketones (excluding diaryl/α,β-unsaturated/α-hetero) is 1. The molecule has 2 heteroatoms. The van der Waals surface area contributed by atoms with Crippen molar-refractivity contribution in [3.63, 3.8) is 0 Å². The normalized spacial score (nSPS) is 10.5. The van der Waals surface area contributed by atoms with Gasteiger partial charge in [0, 0.05) is 12.3 Å². The van der Waals surface area contributed by atoms with Gasteiger partial charge in [-0.05, 0) is 24.6 Å². The van der Waals surface area contributed by atoms with E-state index in [0.717, 1.165) is 12.3 Å². The maximum Gasteiger partial charge on any atom is 0.135 e. The maximum atomic E-state index is 10.7. The van der Waals surface area contributed by atoms with Crippen molar-refractivity contribution in [1.82, 2.24) is 0 Å². The van der Waals surface area contributed by atoms with Crippen LogP contribution in [0.5, 0.6) is 0 Å². The average molecular weight is 411 g/mol. The van der Waals surface area contributed by atoms with Crippen LogP contribution in [0.4, 0.5) is 0 Å². The summed E-state index contributed by atoms with van der Waals surface area (Å²) in [5.41, 5.74) is 1.32. The number of unbranched alkanes of at least 4 members (excludes halogenated alkanes) is 2. The van der Waals surface area contributed by atoms with E-state index in [1.165, 1.54) is 49.4 Å². The second kappa shape index (κ2) is 24.4. The molecule has 0 saturated carbocycles. The van der Waals surface area contributed by atoms with Crippen molar-refractivity contribution in [3.8, 4) is 0 Å². The molecule has 0 heterocycles. The molecule has 0 radical (unpaired) electrons. The third-order valence-corrected chi connectivity index (χ3v) is 5.01. The van der Waals surface area contributed by atoms with Crippen molar-refractivity contribution in [2.24, 2.45) is 11.8 Å². The number of aryl methyl sites for hydroxylation is 1. The van der Waals surface area contributed by atoms with E-state index in [-0.39, 0.29) is 5.92 Å². The van der Waals surface area contributed by atoms with Crippen LogP contribution in [0.2, 0.25) is 0 Å². The number of benzene rings is 1. The molecule has 0 aliphatic rings. The molecule has 1 aromatic rings. The molecule has 1 aromatic carbocycles. The molecule has 2 atom stereocenters. The van der Waals surface area contributed by atoms with Crippen LogP contribution in [0.3, 0.4) is 0 Å². The van der Waals surface area contributed by atoms with Crippen molar-refractivity contribution in [1.29, 1.82) is 0 Å². The highest BCUT2D eigenvalue weighted by Gasteiger charge is 2.05. The molecule has 0 aliphatic heterocycles. The highest BCUT2D eigenvalue weighted by molar-refractivity contribution is 7.27. The lowest BCUT2D eigenvalue weighted by Gasteiger charge is -2.08. The molecular weight excluding hydrogens is 359 g/mol. The van der Waals surface area contributed by atoms with E-state index in [1.807, 2.05) is 34.6 Å². The van der Waals surface area contributed by atoms with Gasteiger partial charge >= 0.3 is 0 Å². The molecule has 0 N–H and O–H groups in total. The molecule has 0 aromatic heterocycles. The number of carbonyl (C=O) groups excluding carboxylic acids is 1. The largest absolute Gasteiger partial charge is 0.299 e. The van der Waals surface area contributed by atoms with Gasteiger partial charge in [-0.25, -0.2) is 0 Å². The molecule has 0 saturated heterocycles. The van der Waals surface area contributed by atoms with E-state index in [4.69, 9.17) is 0 Å². The molecule has 0 aliphatic carbocycles. The maximum absolute atomic E-state index is 10.7. The van der Waals surface area contributed by atoms with E-state index < -0.39 is 0 Å². The van der Waals surface area contributed by atoms with Crippen LogP contribution in [0.25, 0.3) is 0 Å². The zero-order valence-electron chi connectivity index (χ0n) is 20.6. The fourth-order valence-corrected chi connectivity index (χ4v) is 2.87. The second-order valence-corrected chi connectivity index (χ2v) is 8.10. The summed E-state index contributed by atoms with van der Waals surface area (Å²) < 4.78 is 0. The SMILES string of the molecule is CC.CCC(=O)C(C)CC.CCCCC(C)CCCC.Cc1cccc(P)c1. The van der Waals surface area contributed by atoms with Crippen LogP contribution < -0.4 is 5.30 Å². The van der Waals surface area contributed by atoms with E-state index >= 15 is 0 Å². The Balaban J connectivity index is -0.000000322. The Morgan fingerprint density at radius 2 is 1.46 bits per heavy atom. The molecule has 2 unspecified atom stereocenters. The average Bonchev–Trinajstić information content (AvgIpc) is 2.71. The van der Waals surface area contributed by atoms with Crippen LogP contribution in [-0.2, 0) is 4.79 Å². The van der Waals surface area contributed by atoms with E-state index in [1.54, 1.807) is 0 Å². The van der Waals surface area contributed by atoms with Gasteiger partial charge in [0.05, 0.1) is 0 Å². The van der Waals surface area contributed by atoms with Crippen LogP contribution >= 0.6 is 9.24 Å². The predicted octanol–water partition coefficient (Wildman–Crippen LogP) is 8.54. The summed E-state index contributed by atoms with van der Waals surface area (Å²) in [4.78, 5) is 10.7. The summed E-state index contributed by atoms with van der Waals surface area (Å²) in [5, 5.41) is 1.25. The molecule has 0 spiro atoms. The van der Waals surface area contributed by atoms with Crippen LogP contribution in [0.15, 0.2) is 24.3 Å². The van der Waals surface area contributed by atoms with Crippen molar-refractivity contribution in [2.75, 3.05) is 0 Å². The Morgan fingerprint density at radius 3 is 1.71 bits per heavy atom. The Bertz CT molecular complexity index is 417. The first-order valence-corrected chi connectivity index (χ1v) is 12.2. The first-order chi connectivity index (χ1) is 13.3. The lowest BCUT2D eigenvalue weighted by Crippen LogP contribution is -2.06. The lowest BCUT2D eigenvalue weighted by atomic mass is 9.98. The summed E-state index contributed by atoms with van der Waals surface area (Å²) in [6.45, 7) is 18.9. The van der Waals surface area contributed by atoms with E-state index in [0.29, 0.717) is 12.2 Å². The molecule has 1 rings (SSSR count). The summed E-state index contributed by atoms with van der Waals surface area (Å²) in [6, 6.07) is 8.34. The van der Waals surface area contributed by atoms with E-state index in [2.05, 4.69) is 61.2 Å². The third kappa shape index (κ3) is 23.4. The van der Waals surface area contributed by atoms with E-state index in [9.17, 15) is 4.79 Å². The molecule has 0 amide bonds. The van der Waals surface area contributed by atoms with Crippen molar-refractivity contribution >= 4 is 20.3 Å². The lowest BCUT2D eigenvalue weighted by molar-refractivity contribution is -0.122. The highest BCUT2D eigenvalue weighted by Crippen LogP contribution is 2.14. The van der Waals surface area contributed by atoms with Gasteiger partial charge < -0.3 is 0 Å². The Morgan fingerprint density at radius 1 is 0.964 bits per heavy atom. The Kier molecular flexibility index (Phi) is 27.8. The third-order valence-electron chi connectivity index (χ3n) is 4.65. The van der Waals surface area contributed by atoms with Gasteiger partial charge in [-0.1, -0.05) is 124 Å². The minimum atomic E-state index is 0.278. The van der Waals surface area contributed by atoms with Gasteiger partial charge in [-0.2, -0.15) is 0 Å². The smallest absolute Gasteiger partial charge is 0.135 e. The highest BCUT2D eigenvalue weighted by atomic mass is 31.0. The molecule has 28 heavy (non-hydrogen) atoms. The van der Waals surface area contributed by atoms with Gasteiger partial charge in [0.15, 0.2) is 0 Å². The van der Waals surface area contributed by atoms with Crippen LogP contribution in [0, 0.1) is 18.8 Å². The molecule has 0 bridgehead atoms. The summed E-state index contributed by atoms with van der Waals surface area (Å²) in [6.07, 6.45) is 10.1. The molecule has 0 fully saturated rings. The molecular formula is C26H51OP. The zero-order valence-corrected chi connectivity index (χ0v) is 21.8. The number of rotatable bonds is 9. The molecule has 166 valence electrons. The van der Waals surface area contributed by atoms with Gasteiger partial charge in [0.2, 0.25) is 0 Å². The topological polar surface area (TPSA) is 17.1 Å². The summed E-state index contributed by atoms with van der Waals surface area (Å²) in [7, 11) is 2.66. The second-order valence-electron chi connectivity index (χ2n) is 7.43. The van der Waals surface area contributed by atoms with Crippen molar-refractivity contribution in [2.45, 2.75) is 114 Å². The minimum Gasteiger partial charge on any atom is -0.299 e.